The van der Waals surface area contributed by atoms with Gasteiger partial charge in [0.15, 0.2) is 0 Å². The molecule has 0 aliphatic rings. The molecule has 6 aromatic rings. The van der Waals surface area contributed by atoms with Crippen molar-refractivity contribution in [2.45, 2.75) is 0 Å². The van der Waals surface area contributed by atoms with Gasteiger partial charge in [-0.05, 0) is 12.1 Å². The van der Waals surface area contributed by atoms with E-state index in [1.807, 2.05) is 133 Å². The minimum atomic E-state index is 0.292. The molecule has 4 aromatic carbocycles. The molecule has 0 unspecified atom stereocenters. The quantitative estimate of drug-likeness (QED) is 0.280. The zero-order chi connectivity index (χ0) is 26.2. The molecule has 0 radical (unpaired) electrons. The summed E-state index contributed by atoms with van der Waals surface area (Å²) in [7, 11) is 0. The number of hydrogen-bond acceptors (Lipinski definition) is 6. The van der Waals surface area contributed by atoms with Crippen molar-refractivity contribution in [1.82, 2.24) is 19.9 Å². The summed E-state index contributed by atoms with van der Waals surface area (Å²) < 4.78 is 0. The molecule has 0 saturated heterocycles. The molecule has 0 bridgehead atoms. The van der Waals surface area contributed by atoms with E-state index < -0.39 is 0 Å². The fourth-order valence-corrected chi connectivity index (χ4v) is 3.96. The molecule has 4 N–H and O–H groups in total. The molecule has 6 rings (SSSR count). The summed E-state index contributed by atoms with van der Waals surface area (Å²) in [5.41, 5.74) is 19.1. The molecular formula is C32H26N6. The number of nitrogens with zero attached hydrogens (tertiary/aromatic N) is 4. The van der Waals surface area contributed by atoms with Crippen LogP contribution in [0, 0.1) is 0 Å². The molecule has 0 atom stereocenters. The second kappa shape index (κ2) is 11.6. The van der Waals surface area contributed by atoms with Gasteiger partial charge in [0, 0.05) is 22.3 Å². The van der Waals surface area contributed by atoms with Crippen molar-refractivity contribution in [2.24, 2.45) is 0 Å². The fraction of sp³-hybridized carbons (Fsp3) is 0. The molecule has 0 amide bonds. The van der Waals surface area contributed by atoms with Crippen LogP contribution in [0.4, 0.5) is 11.9 Å². The van der Waals surface area contributed by atoms with E-state index in [-0.39, 0.29) is 0 Å². The summed E-state index contributed by atoms with van der Waals surface area (Å²) in [5, 5.41) is 0. The second-order valence-corrected chi connectivity index (χ2v) is 8.46. The molecule has 6 nitrogen and oxygen atoms in total. The normalized spacial score (nSPS) is 10.3. The first-order valence-corrected chi connectivity index (χ1v) is 12.2. The van der Waals surface area contributed by atoms with Gasteiger partial charge >= 0.3 is 0 Å². The Morgan fingerprint density at radius 1 is 0.316 bits per heavy atom. The van der Waals surface area contributed by atoms with Gasteiger partial charge in [0.05, 0.1) is 22.8 Å². The number of benzene rings is 4. The van der Waals surface area contributed by atoms with Crippen LogP contribution in [0.5, 0.6) is 0 Å². The highest BCUT2D eigenvalue weighted by atomic mass is 15.0. The minimum Gasteiger partial charge on any atom is -0.368 e. The largest absolute Gasteiger partial charge is 0.368 e. The van der Waals surface area contributed by atoms with Crippen LogP contribution in [0.15, 0.2) is 133 Å². The van der Waals surface area contributed by atoms with Crippen LogP contribution in [0.3, 0.4) is 0 Å². The van der Waals surface area contributed by atoms with Crippen molar-refractivity contribution < 1.29 is 0 Å². The van der Waals surface area contributed by atoms with Crippen LogP contribution in [-0.2, 0) is 0 Å². The molecule has 0 saturated carbocycles. The van der Waals surface area contributed by atoms with Crippen molar-refractivity contribution in [3.8, 4) is 45.0 Å². The standard InChI is InChI=1S/2C16H13N3/c2*17-16-18-14(12-7-3-1-4-8-12)11-15(19-16)13-9-5-2-6-10-13/h2*1-11H,(H2,17,18,19). The van der Waals surface area contributed by atoms with Crippen molar-refractivity contribution in [3.05, 3.63) is 133 Å². The first kappa shape index (κ1) is 24.3. The molecular weight excluding hydrogens is 468 g/mol. The highest BCUT2D eigenvalue weighted by Crippen LogP contribution is 2.25. The molecule has 0 spiro atoms. The third-order valence-electron chi connectivity index (χ3n) is 5.77. The zero-order valence-corrected chi connectivity index (χ0v) is 20.6. The van der Waals surface area contributed by atoms with E-state index in [0.717, 1.165) is 45.0 Å². The molecule has 0 aliphatic carbocycles. The van der Waals surface area contributed by atoms with Gasteiger partial charge in [-0.1, -0.05) is 121 Å². The summed E-state index contributed by atoms with van der Waals surface area (Å²) in [6, 6.07) is 43.8. The molecule has 38 heavy (non-hydrogen) atoms. The van der Waals surface area contributed by atoms with Gasteiger partial charge in [-0.2, -0.15) is 0 Å². The van der Waals surface area contributed by atoms with Crippen LogP contribution in [-0.4, -0.2) is 19.9 Å². The molecule has 2 aromatic heterocycles. The average molecular weight is 495 g/mol. The molecule has 6 heteroatoms. The van der Waals surface area contributed by atoms with Gasteiger partial charge in [-0.3, -0.25) is 0 Å². The maximum absolute atomic E-state index is 5.81. The summed E-state index contributed by atoms with van der Waals surface area (Å²) in [6.07, 6.45) is 0. The lowest BCUT2D eigenvalue weighted by molar-refractivity contribution is 1.19. The van der Waals surface area contributed by atoms with Gasteiger partial charge in [0.1, 0.15) is 0 Å². The predicted octanol–water partition coefficient (Wildman–Crippen LogP) is 6.79. The van der Waals surface area contributed by atoms with Gasteiger partial charge in [0.25, 0.3) is 0 Å². The Morgan fingerprint density at radius 2 is 0.526 bits per heavy atom. The smallest absolute Gasteiger partial charge is 0.221 e. The van der Waals surface area contributed by atoms with Crippen molar-refractivity contribution >= 4 is 11.9 Å². The van der Waals surface area contributed by atoms with E-state index in [9.17, 15) is 0 Å². The lowest BCUT2D eigenvalue weighted by atomic mass is 10.1. The highest BCUT2D eigenvalue weighted by molar-refractivity contribution is 5.70. The van der Waals surface area contributed by atoms with Crippen LogP contribution in [0.2, 0.25) is 0 Å². The van der Waals surface area contributed by atoms with E-state index >= 15 is 0 Å². The number of nitrogen functional groups attached to an aromatic ring is 2. The number of nitrogens with two attached hydrogens (primary N) is 2. The molecule has 0 fully saturated rings. The third-order valence-corrected chi connectivity index (χ3v) is 5.77. The van der Waals surface area contributed by atoms with Crippen molar-refractivity contribution in [1.29, 1.82) is 0 Å². The lowest BCUT2D eigenvalue weighted by Crippen LogP contribution is -1.98. The number of rotatable bonds is 4. The first-order valence-electron chi connectivity index (χ1n) is 12.2. The zero-order valence-electron chi connectivity index (χ0n) is 20.6. The van der Waals surface area contributed by atoms with Crippen molar-refractivity contribution in [2.75, 3.05) is 11.5 Å². The Kier molecular flexibility index (Phi) is 7.42. The summed E-state index contributed by atoms with van der Waals surface area (Å²) in [4.78, 5) is 17.2. The van der Waals surface area contributed by atoms with E-state index in [2.05, 4.69) is 19.9 Å². The van der Waals surface area contributed by atoms with Crippen molar-refractivity contribution in [3.63, 3.8) is 0 Å². The first-order chi connectivity index (χ1) is 18.7. The molecule has 0 aliphatic heterocycles. The molecule has 184 valence electrons. The van der Waals surface area contributed by atoms with E-state index in [1.165, 1.54) is 0 Å². The maximum atomic E-state index is 5.81. The topological polar surface area (TPSA) is 104 Å². The van der Waals surface area contributed by atoms with Crippen LogP contribution in [0.25, 0.3) is 45.0 Å². The van der Waals surface area contributed by atoms with E-state index in [4.69, 9.17) is 11.5 Å². The summed E-state index contributed by atoms with van der Waals surface area (Å²) >= 11 is 0. The van der Waals surface area contributed by atoms with Gasteiger partial charge in [0.2, 0.25) is 11.9 Å². The number of aromatic nitrogens is 4. The maximum Gasteiger partial charge on any atom is 0.221 e. The van der Waals surface area contributed by atoms with Crippen LogP contribution < -0.4 is 11.5 Å². The number of hydrogen-bond donors (Lipinski definition) is 2. The Bertz CT molecular complexity index is 1370. The van der Waals surface area contributed by atoms with Crippen LogP contribution in [0.1, 0.15) is 0 Å². The summed E-state index contributed by atoms with van der Waals surface area (Å²) in [5.74, 6) is 0.584. The SMILES string of the molecule is Nc1nc(-c2ccccc2)cc(-c2ccccc2)n1.Nc1nc(-c2ccccc2)cc(-c2ccccc2)n1. The monoisotopic (exact) mass is 494 g/mol. The van der Waals surface area contributed by atoms with Crippen LogP contribution >= 0.6 is 0 Å². The Balaban J connectivity index is 0.000000155. The summed E-state index contributed by atoms with van der Waals surface area (Å²) in [6.45, 7) is 0. The van der Waals surface area contributed by atoms with Gasteiger partial charge < -0.3 is 11.5 Å². The predicted molar refractivity (Wildman–Crippen MR) is 155 cm³/mol. The fourth-order valence-electron chi connectivity index (χ4n) is 3.96. The Labute approximate surface area is 221 Å². The highest BCUT2D eigenvalue weighted by Gasteiger charge is 2.07. The number of anilines is 2. The van der Waals surface area contributed by atoms with Gasteiger partial charge in [-0.15, -0.1) is 0 Å². The average Bonchev–Trinajstić information content (AvgIpc) is 2.99. The Hall–Kier alpha value is -5.36. The second-order valence-electron chi connectivity index (χ2n) is 8.46. The van der Waals surface area contributed by atoms with E-state index in [0.29, 0.717) is 11.9 Å². The minimum absolute atomic E-state index is 0.292. The Morgan fingerprint density at radius 3 is 0.737 bits per heavy atom. The van der Waals surface area contributed by atoms with E-state index in [1.54, 1.807) is 0 Å². The van der Waals surface area contributed by atoms with Gasteiger partial charge in [-0.25, -0.2) is 19.9 Å². The third kappa shape index (κ3) is 6.06. The molecule has 2 heterocycles. The lowest BCUT2D eigenvalue weighted by Gasteiger charge is -2.06.